The van der Waals surface area contributed by atoms with Crippen LogP contribution in [0.5, 0.6) is 0 Å². The average Bonchev–Trinajstić information content (AvgIpc) is 2.15. The lowest BCUT2D eigenvalue weighted by molar-refractivity contribution is -0.167. The Kier molecular flexibility index (Phi) is 2.95. The Balaban J connectivity index is 2.29. The normalized spacial score (nSPS) is 19.6. The Morgan fingerprint density at radius 2 is 2.25 bits per heavy atom. The van der Waals surface area contributed by atoms with Gasteiger partial charge in [0.1, 0.15) is 0 Å². The molecule has 3 nitrogen and oxygen atoms in total. The van der Waals surface area contributed by atoms with E-state index < -0.39 is 5.60 Å². The van der Waals surface area contributed by atoms with Gasteiger partial charge in [0, 0.05) is 19.0 Å². The molecule has 0 saturated heterocycles. The number of pyridine rings is 1. The van der Waals surface area contributed by atoms with E-state index in [2.05, 4.69) is 4.98 Å². The lowest BCUT2D eigenvalue weighted by atomic mass is 9.72. The monoisotopic (exact) mass is 219 g/mol. The van der Waals surface area contributed by atoms with Crippen molar-refractivity contribution in [2.45, 2.75) is 38.7 Å². The number of hydrogen-bond acceptors (Lipinski definition) is 3. The summed E-state index contributed by atoms with van der Waals surface area (Å²) >= 11 is 0. The first kappa shape index (κ1) is 11.1. The van der Waals surface area contributed by atoms with Gasteiger partial charge in [-0.25, -0.2) is 0 Å². The molecule has 1 aliphatic carbocycles. The molecule has 0 radical (unpaired) electrons. The molecule has 1 fully saturated rings. The highest BCUT2D eigenvalue weighted by atomic mass is 16.6. The SMILES string of the molecule is CC(=O)OC(C)(c1ccccn1)C1CCC1. The molecule has 1 atom stereocenters. The van der Waals surface area contributed by atoms with E-state index in [1.54, 1.807) is 6.20 Å². The molecule has 3 heteroatoms. The van der Waals surface area contributed by atoms with Crippen LogP contribution in [0.15, 0.2) is 24.4 Å². The number of hydrogen-bond donors (Lipinski definition) is 0. The van der Waals surface area contributed by atoms with Crippen molar-refractivity contribution in [3.05, 3.63) is 30.1 Å². The molecule has 0 aromatic carbocycles. The van der Waals surface area contributed by atoms with Gasteiger partial charge in [0.2, 0.25) is 0 Å². The van der Waals surface area contributed by atoms with E-state index in [-0.39, 0.29) is 5.97 Å². The lowest BCUT2D eigenvalue weighted by Gasteiger charge is -2.41. The van der Waals surface area contributed by atoms with E-state index in [0.29, 0.717) is 5.92 Å². The summed E-state index contributed by atoms with van der Waals surface area (Å²) in [6.07, 6.45) is 5.19. The molecule has 0 bridgehead atoms. The molecule has 1 heterocycles. The van der Waals surface area contributed by atoms with Gasteiger partial charge in [-0.1, -0.05) is 12.5 Å². The highest BCUT2D eigenvalue weighted by Gasteiger charge is 2.43. The smallest absolute Gasteiger partial charge is 0.303 e. The first-order valence-corrected chi connectivity index (χ1v) is 5.74. The van der Waals surface area contributed by atoms with Crippen molar-refractivity contribution >= 4 is 5.97 Å². The number of rotatable bonds is 3. The van der Waals surface area contributed by atoms with Gasteiger partial charge in [0.25, 0.3) is 0 Å². The van der Waals surface area contributed by atoms with E-state index >= 15 is 0 Å². The summed E-state index contributed by atoms with van der Waals surface area (Å²) in [5, 5.41) is 0. The van der Waals surface area contributed by atoms with Crippen molar-refractivity contribution in [3.8, 4) is 0 Å². The quantitative estimate of drug-likeness (QED) is 0.734. The van der Waals surface area contributed by atoms with Crippen molar-refractivity contribution in [1.29, 1.82) is 0 Å². The summed E-state index contributed by atoms with van der Waals surface area (Å²) in [5.41, 5.74) is 0.306. The van der Waals surface area contributed by atoms with E-state index in [4.69, 9.17) is 4.74 Å². The highest BCUT2D eigenvalue weighted by molar-refractivity contribution is 5.66. The summed E-state index contributed by atoms with van der Waals surface area (Å²) in [4.78, 5) is 15.6. The maximum absolute atomic E-state index is 11.2. The van der Waals surface area contributed by atoms with Crippen LogP contribution in [0.2, 0.25) is 0 Å². The Morgan fingerprint density at radius 3 is 2.69 bits per heavy atom. The minimum absolute atomic E-state index is 0.236. The predicted octanol–water partition coefficient (Wildman–Crippen LogP) is 2.66. The first-order chi connectivity index (χ1) is 7.63. The minimum atomic E-state index is -0.550. The zero-order chi connectivity index (χ0) is 11.6. The van der Waals surface area contributed by atoms with Crippen LogP contribution in [0.3, 0.4) is 0 Å². The Labute approximate surface area is 95.8 Å². The van der Waals surface area contributed by atoms with Crippen molar-refractivity contribution in [2.24, 2.45) is 5.92 Å². The van der Waals surface area contributed by atoms with Gasteiger partial charge < -0.3 is 4.74 Å². The molecule has 0 aliphatic heterocycles. The molecule has 0 N–H and O–H groups in total. The molecule has 1 aliphatic rings. The van der Waals surface area contributed by atoms with Crippen molar-refractivity contribution in [3.63, 3.8) is 0 Å². The molecule has 1 saturated carbocycles. The lowest BCUT2D eigenvalue weighted by Crippen LogP contribution is -2.40. The summed E-state index contributed by atoms with van der Waals surface area (Å²) in [7, 11) is 0. The largest absolute Gasteiger partial charge is 0.453 e. The molecule has 1 aromatic heterocycles. The van der Waals surface area contributed by atoms with Crippen LogP contribution in [0, 0.1) is 5.92 Å². The zero-order valence-electron chi connectivity index (χ0n) is 9.77. The minimum Gasteiger partial charge on any atom is -0.453 e. The third-order valence-electron chi connectivity index (χ3n) is 3.41. The summed E-state index contributed by atoms with van der Waals surface area (Å²) in [6.45, 7) is 3.43. The number of carbonyl (C=O) groups is 1. The molecule has 0 spiro atoms. The molecule has 1 unspecified atom stereocenters. The fourth-order valence-corrected chi connectivity index (χ4v) is 2.26. The predicted molar refractivity (Wildman–Crippen MR) is 60.7 cm³/mol. The topological polar surface area (TPSA) is 39.2 Å². The van der Waals surface area contributed by atoms with Gasteiger partial charge >= 0.3 is 5.97 Å². The zero-order valence-corrected chi connectivity index (χ0v) is 9.77. The van der Waals surface area contributed by atoms with E-state index in [1.165, 1.54) is 13.3 Å². The second kappa shape index (κ2) is 4.24. The Hall–Kier alpha value is -1.38. The van der Waals surface area contributed by atoms with Crippen molar-refractivity contribution < 1.29 is 9.53 Å². The maximum atomic E-state index is 11.2. The third-order valence-corrected chi connectivity index (χ3v) is 3.41. The van der Waals surface area contributed by atoms with Crippen LogP contribution in [-0.2, 0) is 15.1 Å². The van der Waals surface area contributed by atoms with Gasteiger partial charge in [-0.15, -0.1) is 0 Å². The molecular formula is C13H17NO2. The molecule has 86 valence electrons. The van der Waals surface area contributed by atoms with Gasteiger partial charge in [0.15, 0.2) is 5.60 Å². The van der Waals surface area contributed by atoms with E-state index in [9.17, 15) is 4.79 Å². The number of aromatic nitrogens is 1. The molecule has 2 rings (SSSR count). The van der Waals surface area contributed by atoms with Gasteiger partial charge in [-0.3, -0.25) is 9.78 Å². The molecular weight excluding hydrogens is 202 g/mol. The highest BCUT2D eigenvalue weighted by Crippen LogP contribution is 2.44. The van der Waals surface area contributed by atoms with Crippen LogP contribution in [0.25, 0.3) is 0 Å². The molecule has 0 amide bonds. The van der Waals surface area contributed by atoms with Crippen molar-refractivity contribution in [1.82, 2.24) is 4.98 Å². The average molecular weight is 219 g/mol. The fraction of sp³-hybridized carbons (Fsp3) is 0.538. The maximum Gasteiger partial charge on any atom is 0.303 e. The second-order valence-electron chi connectivity index (χ2n) is 4.54. The number of ether oxygens (including phenoxy) is 1. The van der Waals surface area contributed by atoms with Crippen LogP contribution in [-0.4, -0.2) is 11.0 Å². The summed E-state index contributed by atoms with van der Waals surface area (Å²) in [6, 6.07) is 5.74. The summed E-state index contributed by atoms with van der Waals surface area (Å²) in [5.74, 6) is 0.173. The number of esters is 1. The van der Waals surface area contributed by atoms with E-state index in [1.807, 2.05) is 25.1 Å². The van der Waals surface area contributed by atoms with Gasteiger partial charge in [0.05, 0.1) is 5.69 Å². The van der Waals surface area contributed by atoms with E-state index in [0.717, 1.165) is 18.5 Å². The molecule has 16 heavy (non-hydrogen) atoms. The Bertz CT molecular complexity index is 373. The van der Waals surface area contributed by atoms with Crippen LogP contribution >= 0.6 is 0 Å². The molecule has 1 aromatic rings. The van der Waals surface area contributed by atoms with Crippen LogP contribution in [0.1, 0.15) is 38.8 Å². The summed E-state index contributed by atoms with van der Waals surface area (Å²) < 4.78 is 5.53. The third kappa shape index (κ3) is 1.94. The Morgan fingerprint density at radius 1 is 1.50 bits per heavy atom. The fourth-order valence-electron chi connectivity index (χ4n) is 2.26. The second-order valence-corrected chi connectivity index (χ2v) is 4.54. The van der Waals surface area contributed by atoms with Crippen molar-refractivity contribution in [2.75, 3.05) is 0 Å². The first-order valence-electron chi connectivity index (χ1n) is 5.74. The van der Waals surface area contributed by atoms with Gasteiger partial charge in [-0.2, -0.15) is 0 Å². The van der Waals surface area contributed by atoms with Crippen LogP contribution in [0.4, 0.5) is 0 Å². The number of nitrogens with zero attached hydrogens (tertiary/aromatic N) is 1. The standard InChI is InChI=1S/C13H17NO2/c1-10(15)16-13(2,11-6-5-7-11)12-8-3-4-9-14-12/h3-4,8-9,11H,5-7H2,1-2H3. The van der Waals surface area contributed by atoms with Crippen LogP contribution < -0.4 is 0 Å². The van der Waals surface area contributed by atoms with Gasteiger partial charge in [-0.05, 0) is 31.9 Å². The number of carbonyl (C=O) groups excluding carboxylic acids is 1.